The highest BCUT2D eigenvalue weighted by molar-refractivity contribution is 5.38. The van der Waals surface area contributed by atoms with E-state index in [1.807, 2.05) is 0 Å². The summed E-state index contributed by atoms with van der Waals surface area (Å²) >= 11 is 0. The zero-order chi connectivity index (χ0) is 14.4. The van der Waals surface area contributed by atoms with Crippen LogP contribution in [0.1, 0.15) is 52.9 Å². The van der Waals surface area contributed by atoms with Crippen LogP contribution in [0.2, 0.25) is 0 Å². The molecule has 0 radical (unpaired) electrons. The summed E-state index contributed by atoms with van der Waals surface area (Å²) in [6.45, 7) is 7.83. The molecule has 20 heavy (non-hydrogen) atoms. The Hall–Kier alpha value is -1.59. The Balaban J connectivity index is 2.11. The van der Waals surface area contributed by atoms with Crippen molar-refractivity contribution in [3.05, 3.63) is 0 Å². The largest absolute Gasteiger partial charge is 0.463 e. The van der Waals surface area contributed by atoms with E-state index in [0.717, 1.165) is 32.2 Å². The first-order chi connectivity index (χ1) is 9.65. The van der Waals surface area contributed by atoms with Gasteiger partial charge < -0.3 is 15.4 Å². The smallest absolute Gasteiger partial charge is 0.323 e. The Bertz CT molecular complexity index is 407. The lowest BCUT2D eigenvalue weighted by molar-refractivity contribution is 0.288. The molecule has 0 saturated heterocycles. The lowest BCUT2D eigenvalue weighted by Crippen LogP contribution is -2.42. The average Bonchev–Trinajstić information content (AvgIpc) is 2.41. The van der Waals surface area contributed by atoms with Crippen molar-refractivity contribution in [2.45, 2.75) is 58.4 Å². The van der Waals surface area contributed by atoms with Crippen molar-refractivity contribution in [3.63, 3.8) is 0 Å². The predicted molar refractivity (Wildman–Crippen MR) is 80.3 cm³/mol. The molecule has 1 aromatic heterocycles. The highest BCUT2D eigenvalue weighted by Crippen LogP contribution is 2.34. The van der Waals surface area contributed by atoms with E-state index in [2.05, 4.69) is 46.4 Å². The van der Waals surface area contributed by atoms with E-state index in [9.17, 15) is 0 Å². The fourth-order valence-corrected chi connectivity index (χ4v) is 2.09. The molecule has 1 aromatic rings. The van der Waals surface area contributed by atoms with Gasteiger partial charge in [0, 0.05) is 12.1 Å². The van der Waals surface area contributed by atoms with Gasteiger partial charge in [-0.15, -0.1) is 0 Å². The van der Waals surface area contributed by atoms with Crippen molar-refractivity contribution >= 4 is 11.9 Å². The molecule has 1 heterocycles. The third-order valence-corrected chi connectivity index (χ3v) is 3.45. The average molecular weight is 279 g/mol. The first-order valence-electron chi connectivity index (χ1n) is 7.56. The molecule has 6 nitrogen and oxygen atoms in total. The molecule has 2 rings (SSSR count). The van der Waals surface area contributed by atoms with Gasteiger partial charge in [-0.2, -0.15) is 15.0 Å². The molecule has 1 saturated carbocycles. The maximum Gasteiger partial charge on any atom is 0.323 e. The van der Waals surface area contributed by atoms with Crippen molar-refractivity contribution in [2.24, 2.45) is 0 Å². The van der Waals surface area contributed by atoms with E-state index in [1.165, 1.54) is 6.42 Å². The van der Waals surface area contributed by atoms with Crippen LogP contribution in [0, 0.1) is 0 Å². The monoisotopic (exact) mass is 279 g/mol. The molecule has 0 aliphatic heterocycles. The third-order valence-electron chi connectivity index (χ3n) is 3.45. The molecular formula is C14H25N5O. The van der Waals surface area contributed by atoms with Crippen molar-refractivity contribution in [3.8, 4) is 6.01 Å². The van der Waals surface area contributed by atoms with E-state index in [0.29, 0.717) is 24.5 Å². The summed E-state index contributed by atoms with van der Waals surface area (Å²) in [6.07, 6.45) is 5.53. The summed E-state index contributed by atoms with van der Waals surface area (Å²) in [5, 5.41) is 6.60. The van der Waals surface area contributed by atoms with Gasteiger partial charge in [-0.05, 0) is 39.0 Å². The molecule has 0 amide bonds. The molecule has 0 unspecified atom stereocenters. The van der Waals surface area contributed by atoms with E-state index < -0.39 is 0 Å². The molecule has 0 bridgehead atoms. The Morgan fingerprint density at radius 1 is 1.10 bits per heavy atom. The standard InChI is InChI=1S/C14H25N5O/c1-4-9-15-11-16-12(19-14(3)7-6-8-14)18-13(17-11)20-10-5-2/h4-10H2,1-3H3,(H2,15,16,17,18,19). The summed E-state index contributed by atoms with van der Waals surface area (Å²) in [4.78, 5) is 13.1. The minimum atomic E-state index is 0.116. The van der Waals surface area contributed by atoms with Crippen LogP contribution in [-0.2, 0) is 0 Å². The van der Waals surface area contributed by atoms with Crippen LogP contribution < -0.4 is 15.4 Å². The first-order valence-corrected chi connectivity index (χ1v) is 7.56. The van der Waals surface area contributed by atoms with E-state index in [4.69, 9.17) is 4.74 Å². The molecule has 1 fully saturated rings. The number of aromatic nitrogens is 3. The number of ether oxygens (including phenoxy) is 1. The number of nitrogens with one attached hydrogen (secondary N) is 2. The molecule has 1 aliphatic rings. The van der Waals surface area contributed by atoms with Gasteiger partial charge in [0.15, 0.2) is 0 Å². The minimum Gasteiger partial charge on any atom is -0.463 e. The summed E-state index contributed by atoms with van der Waals surface area (Å²) in [5.41, 5.74) is 0.116. The number of hydrogen-bond donors (Lipinski definition) is 2. The number of anilines is 2. The second kappa shape index (κ2) is 6.72. The van der Waals surface area contributed by atoms with Gasteiger partial charge in [0.2, 0.25) is 11.9 Å². The Labute approximate surface area is 120 Å². The van der Waals surface area contributed by atoms with Gasteiger partial charge in [0.1, 0.15) is 0 Å². The molecular weight excluding hydrogens is 254 g/mol. The highest BCUT2D eigenvalue weighted by atomic mass is 16.5. The third kappa shape index (κ3) is 3.95. The van der Waals surface area contributed by atoms with E-state index in [1.54, 1.807) is 0 Å². The summed E-state index contributed by atoms with van der Waals surface area (Å²) < 4.78 is 5.54. The molecule has 0 atom stereocenters. The SMILES string of the molecule is CCCNc1nc(NC2(C)CCC2)nc(OCCC)n1. The van der Waals surface area contributed by atoms with Crippen LogP contribution in [0.4, 0.5) is 11.9 Å². The second-order valence-corrected chi connectivity index (χ2v) is 5.58. The van der Waals surface area contributed by atoms with Gasteiger partial charge >= 0.3 is 6.01 Å². The Kier molecular flexibility index (Phi) is 4.98. The molecule has 6 heteroatoms. The molecule has 1 aliphatic carbocycles. The topological polar surface area (TPSA) is 72.0 Å². The second-order valence-electron chi connectivity index (χ2n) is 5.58. The van der Waals surface area contributed by atoms with Crippen molar-refractivity contribution < 1.29 is 4.74 Å². The van der Waals surface area contributed by atoms with E-state index in [-0.39, 0.29) is 5.54 Å². The fourth-order valence-electron chi connectivity index (χ4n) is 2.09. The summed E-state index contributed by atoms with van der Waals surface area (Å²) in [7, 11) is 0. The van der Waals surface area contributed by atoms with Crippen molar-refractivity contribution in [1.82, 2.24) is 15.0 Å². The van der Waals surface area contributed by atoms with Crippen LogP contribution in [-0.4, -0.2) is 33.6 Å². The van der Waals surface area contributed by atoms with Gasteiger partial charge in [-0.3, -0.25) is 0 Å². The first kappa shape index (κ1) is 14.8. The lowest BCUT2D eigenvalue weighted by Gasteiger charge is -2.39. The van der Waals surface area contributed by atoms with Crippen LogP contribution in [0.15, 0.2) is 0 Å². The predicted octanol–water partition coefficient (Wildman–Crippen LogP) is 2.84. The Morgan fingerprint density at radius 2 is 1.85 bits per heavy atom. The van der Waals surface area contributed by atoms with Crippen LogP contribution in [0.5, 0.6) is 6.01 Å². The van der Waals surface area contributed by atoms with Gasteiger partial charge in [0.25, 0.3) is 0 Å². The number of nitrogens with zero attached hydrogens (tertiary/aromatic N) is 3. The fraction of sp³-hybridized carbons (Fsp3) is 0.786. The van der Waals surface area contributed by atoms with Gasteiger partial charge in [-0.1, -0.05) is 13.8 Å². The normalized spacial score (nSPS) is 16.4. The molecule has 2 N–H and O–H groups in total. The van der Waals surface area contributed by atoms with Crippen LogP contribution >= 0.6 is 0 Å². The number of hydrogen-bond acceptors (Lipinski definition) is 6. The quantitative estimate of drug-likeness (QED) is 0.762. The maximum atomic E-state index is 5.54. The molecule has 0 spiro atoms. The van der Waals surface area contributed by atoms with Crippen LogP contribution in [0.3, 0.4) is 0 Å². The van der Waals surface area contributed by atoms with Crippen molar-refractivity contribution in [2.75, 3.05) is 23.8 Å². The minimum absolute atomic E-state index is 0.116. The number of rotatable bonds is 8. The van der Waals surface area contributed by atoms with Crippen molar-refractivity contribution in [1.29, 1.82) is 0 Å². The summed E-state index contributed by atoms with van der Waals surface area (Å²) in [5.74, 6) is 1.19. The maximum absolute atomic E-state index is 5.54. The Morgan fingerprint density at radius 3 is 2.45 bits per heavy atom. The zero-order valence-electron chi connectivity index (χ0n) is 12.7. The molecule has 0 aromatic carbocycles. The zero-order valence-corrected chi connectivity index (χ0v) is 12.7. The van der Waals surface area contributed by atoms with Gasteiger partial charge in [-0.25, -0.2) is 0 Å². The lowest BCUT2D eigenvalue weighted by atomic mass is 9.79. The van der Waals surface area contributed by atoms with Crippen LogP contribution in [0.25, 0.3) is 0 Å². The molecule has 112 valence electrons. The highest BCUT2D eigenvalue weighted by Gasteiger charge is 2.32. The van der Waals surface area contributed by atoms with E-state index >= 15 is 0 Å². The van der Waals surface area contributed by atoms with Gasteiger partial charge in [0.05, 0.1) is 6.61 Å². The summed E-state index contributed by atoms with van der Waals surface area (Å²) in [6, 6.07) is 0.394.